The number of rotatable bonds is 1. The monoisotopic (exact) mass is 223 g/mol. The quantitative estimate of drug-likeness (QED) is 0.718. The second-order valence-electron chi connectivity index (χ2n) is 2.84. The van der Waals surface area contributed by atoms with Gasteiger partial charge in [-0.3, -0.25) is 0 Å². The van der Waals surface area contributed by atoms with Crippen LogP contribution in [-0.2, 0) is 6.42 Å². The number of hydrogen-bond donors (Lipinski definition) is 0. The molecule has 1 rings (SSSR count). The van der Waals surface area contributed by atoms with E-state index in [2.05, 4.69) is 41.9 Å². The molecular weight excluding hydrogens is 214 g/mol. The Morgan fingerprint density at radius 2 is 2.08 bits per heavy atom. The first-order valence-electron chi connectivity index (χ1n) is 3.77. The summed E-state index contributed by atoms with van der Waals surface area (Å²) in [5, 5.41) is 8.56. The van der Waals surface area contributed by atoms with Crippen LogP contribution in [0.3, 0.4) is 0 Å². The second-order valence-corrected chi connectivity index (χ2v) is 3.76. The van der Waals surface area contributed by atoms with E-state index < -0.39 is 0 Å². The van der Waals surface area contributed by atoms with Crippen LogP contribution in [0.2, 0.25) is 0 Å². The Morgan fingerprint density at radius 3 is 2.67 bits per heavy atom. The molecule has 0 saturated carbocycles. The normalized spacial score (nSPS) is 9.50. The minimum absolute atomic E-state index is 0.492. The molecule has 0 radical (unpaired) electrons. The predicted molar refractivity (Wildman–Crippen MR) is 52.9 cm³/mol. The van der Waals surface area contributed by atoms with Gasteiger partial charge >= 0.3 is 0 Å². The molecule has 0 aliphatic rings. The Bertz CT molecular complexity index is 336. The van der Waals surface area contributed by atoms with E-state index in [1.54, 1.807) is 0 Å². The van der Waals surface area contributed by atoms with Crippen molar-refractivity contribution < 1.29 is 0 Å². The number of halogens is 1. The highest BCUT2D eigenvalue weighted by Crippen LogP contribution is 2.20. The molecule has 62 valence electrons. The van der Waals surface area contributed by atoms with Crippen molar-refractivity contribution in [3.8, 4) is 6.07 Å². The van der Waals surface area contributed by atoms with Gasteiger partial charge in [0.05, 0.1) is 12.5 Å². The van der Waals surface area contributed by atoms with Crippen molar-refractivity contribution in [1.29, 1.82) is 5.26 Å². The first-order chi connectivity index (χ1) is 5.65. The van der Waals surface area contributed by atoms with Gasteiger partial charge in [0.25, 0.3) is 0 Å². The summed E-state index contributed by atoms with van der Waals surface area (Å²) in [5.74, 6) is 0. The van der Waals surface area contributed by atoms with Crippen LogP contribution in [0.1, 0.15) is 16.7 Å². The smallest absolute Gasteiger partial charge is 0.0669 e. The number of benzene rings is 1. The summed E-state index contributed by atoms with van der Waals surface area (Å²) in [4.78, 5) is 0. The van der Waals surface area contributed by atoms with Crippen molar-refractivity contribution in [2.75, 3.05) is 0 Å². The number of aryl methyl sites for hydroxylation is 1. The van der Waals surface area contributed by atoms with Crippen molar-refractivity contribution in [2.24, 2.45) is 0 Å². The molecule has 0 bridgehead atoms. The van der Waals surface area contributed by atoms with Crippen LogP contribution in [0.5, 0.6) is 0 Å². The molecule has 2 heteroatoms. The standard InChI is InChI=1S/C10H10BrN/c1-7-5-10(11)6-9(3-4-12)8(7)2/h5-6H,3H2,1-2H3. The molecule has 0 spiro atoms. The van der Waals surface area contributed by atoms with Gasteiger partial charge in [-0.15, -0.1) is 0 Å². The lowest BCUT2D eigenvalue weighted by Gasteiger charge is -2.05. The van der Waals surface area contributed by atoms with Gasteiger partial charge in [0.15, 0.2) is 0 Å². The summed E-state index contributed by atoms with van der Waals surface area (Å²) < 4.78 is 1.05. The maximum absolute atomic E-state index is 8.56. The maximum Gasteiger partial charge on any atom is 0.0669 e. The highest BCUT2D eigenvalue weighted by molar-refractivity contribution is 9.10. The van der Waals surface area contributed by atoms with E-state index in [9.17, 15) is 0 Å². The Labute approximate surface area is 81.2 Å². The van der Waals surface area contributed by atoms with E-state index in [4.69, 9.17) is 5.26 Å². The summed E-state index contributed by atoms with van der Waals surface area (Å²) in [6.07, 6.45) is 0.492. The molecule has 0 unspecified atom stereocenters. The average molecular weight is 224 g/mol. The van der Waals surface area contributed by atoms with Crippen LogP contribution in [0.25, 0.3) is 0 Å². The van der Waals surface area contributed by atoms with E-state index in [1.165, 1.54) is 11.1 Å². The zero-order valence-corrected chi connectivity index (χ0v) is 8.77. The second kappa shape index (κ2) is 3.73. The lowest BCUT2D eigenvalue weighted by atomic mass is 10.0. The average Bonchev–Trinajstić information content (AvgIpc) is 2.00. The minimum Gasteiger partial charge on any atom is -0.198 e. The molecule has 12 heavy (non-hydrogen) atoms. The first kappa shape index (κ1) is 9.28. The van der Waals surface area contributed by atoms with Crippen LogP contribution < -0.4 is 0 Å². The van der Waals surface area contributed by atoms with E-state index >= 15 is 0 Å². The fraction of sp³-hybridized carbons (Fsp3) is 0.300. The fourth-order valence-corrected chi connectivity index (χ4v) is 1.77. The number of hydrogen-bond acceptors (Lipinski definition) is 1. The van der Waals surface area contributed by atoms with Crippen LogP contribution in [0.15, 0.2) is 16.6 Å². The third-order valence-corrected chi connectivity index (χ3v) is 2.47. The molecule has 0 aliphatic carbocycles. The topological polar surface area (TPSA) is 23.8 Å². The van der Waals surface area contributed by atoms with E-state index in [-0.39, 0.29) is 0 Å². The molecular formula is C10H10BrN. The van der Waals surface area contributed by atoms with Gasteiger partial charge in [-0.25, -0.2) is 0 Å². The van der Waals surface area contributed by atoms with Gasteiger partial charge in [-0.1, -0.05) is 15.9 Å². The minimum atomic E-state index is 0.492. The van der Waals surface area contributed by atoms with Gasteiger partial charge in [-0.2, -0.15) is 5.26 Å². The molecule has 0 heterocycles. The Balaban J connectivity index is 3.20. The summed E-state index contributed by atoms with van der Waals surface area (Å²) in [5.41, 5.74) is 3.57. The summed E-state index contributed by atoms with van der Waals surface area (Å²) in [6, 6.07) is 6.23. The van der Waals surface area contributed by atoms with Gasteiger partial charge in [0, 0.05) is 4.47 Å². The van der Waals surface area contributed by atoms with Gasteiger partial charge in [-0.05, 0) is 42.7 Å². The molecule has 0 aromatic heterocycles. The first-order valence-corrected chi connectivity index (χ1v) is 4.57. The zero-order valence-electron chi connectivity index (χ0n) is 7.19. The van der Waals surface area contributed by atoms with Gasteiger partial charge < -0.3 is 0 Å². The van der Waals surface area contributed by atoms with Crippen LogP contribution in [-0.4, -0.2) is 0 Å². The van der Waals surface area contributed by atoms with Crippen molar-refractivity contribution >= 4 is 15.9 Å². The highest BCUT2D eigenvalue weighted by Gasteiger charge is 2.01. The third-order valence-electron chi connectivity index (χ3n) is 2.01. The van der Waals surface area contributed by atoms with E-state index in [1.807, 2.05) is 6.07 Å². The molecule has 0 aliphatic heterocycles. The highest BCUT2D eigenvalue weighted by atomic mass is 79.9. The summed E-state index contributed by atoms with van der Waals surface area (Å²) >= 11 is 3.41. The Kier molecular flexibility index (Phi) is 2.88. The van der Waals surface area contributed by atoms with Crippen LogP contribution >= 0.6 is 15.9 Å². The van der Waals surface area contributed by atoms with Gasteiger partial charge in [0.2, 0.25) is 0 Å². The number of nitriles is 1. The molecule has 1 nitrogen and oxygen atoms in total. The molecule has 0 amide bonds. The lowest BCUT2D eigenvalue weighted by molar-refractivity contribution is 1.18. The van der Waals surface area contributed by atoms with E-state index in [0.29, 0.717) is 6.42 Å². The van der Waals surface area contributed by atoms with Crippen molar-refractivity contribution in [3.05, 3.63) is 33.3 Å². The SMILES string of the molecule is Cc1cc(Br)cc(CC#N)c1C. The maximum atomic E-state index is 8.56. The molecule has 0 atom stereocenters. The summed E-state index contributed by atoms with van der Waals surface area (Å²) in [7, 11) is 0. The number of nitrogens with zero attached hydrogens (tertiary/aromatic N) is 1. The zero-order chi connectivity index (χ0) is 9.14. The van der Waals surface area contributed by atoms with Crippen molar-refractivity contribution in [1.82, 2.24) is 0 Å². The van der Waals surface area contributed by atoms with Gasteiger partial charge in [0.1, 0.15) is 0 Å². The fourth-order valence-electron chi connectivity index (χ4n) is 1.15. The van der Waals surface area contributed by atoms with E-state index in [0.717, 1.165) is 10.0 Å². The molecule has 0 saturated heterocycles. The Hall–Kier alpha value is -0.810. The Morgan fingerprint density at radius 1 is 1.42 bits per heavy atom. The third kappa shape index (κ3) is 1.86. The molecule has 0 fully saturated rings. The molecule has 1 aromatic carbocycles. The lowest BCUT2D eigenvalue weighted by Crippen LogP contribution is -1.90. The predicted octanol–water partition coefficient (Wildman–Crippen LogP) is 3.13. The van der Waals surface area contributed by atoms with Crippen molar-refractivity contribution in [2.45, 2.75) is 20.3 Å². The largest absolute Gasteiger partial charge is 0.198 e. The summed E-state index contributed by atoms with van der Waals surface area (Å²) in [6.45, 7) is 4.11. The van der Waals surface area contributed by atoms with Crippen molar-refractivity contribution in [3.63, 3.8) is 0 Å². The molecule has 1 aromatic rings. The molecule has 0 N–H and O–H groups in total. The van der Waals surface area contributed by atoms with Crippen LogP contribution in [0, 0.1) is 25.2 Å². The van der Waals surface area contributed by atoms with Crippen LogP contribution in [0.4, 0.5) is 0 Å².